The molecule has 0 spiro atoms. The van der Waals surface area contributed by atoms with E-state index in [1.54, 1.807) is 54.9 Å². The smallest absolute Gasteiger partial charge is 0.252 e. The number of aromatic nitrogens is 2. The number of fused-ring (bicyclic) bond motifs is 1. The van der Waals surface area contributed by atoms with Crippen molar-refractivity contribution in [1.82, 2.24) is 30.4 Å². The van der Waals surface area contributed by atoms with Crippen LogP contribution in [-0.4, -0.2) is 70.4 Å². The molecule has 0 aliphatic carbocycles. The summed E-state index contributed by atoms with van der Waals surface area (Å²) in [6.45, 7) is 3.47. The Morgan fingerprint density at radius 1 is 0.815 bits per heavy atom. The van der Waals surface area contributed by atoms with Gasteiger partial charge in [-0.3, -0.25) is 24.3 Å². The van der Waals surface area contributed by atoms with Gasteiger partial charge in [-0.05, 0) is 91.2 Å². The van der Waals surface area contributed by atoms with E-state index >= 15 is 0 Å². The number of hydrogen-bond acceptors (Lipinski definition) is 6. The van der Waals surface area contributed by atoms with Crippen molar-refractivity contribution >= 4 is 51.8 Å². The van der Waals surface area contributed by atoms with Gasteiger partial charge < -0.3 is 26.3 Å². The van der Waals surface area contributed by atoms with Gasteiger partial charge in [0.2, 0.25) is 11.8 Å². The third-order valence-electron chi connectivity index (χ3n) is 9.52. The van der Waals surface area contributed by atoms with Crippen molar-refractivity contribution in [2.24, 2.45) is 5.73 Å². The molecule has 54 heavy (non-hydrogen) atoms. The van der Waals surface area contributed by atoms with E-state index in [0.717, 1.165) is 72.2 Å². The van der Waals surface area contributed by atoms with Gasteiger partial charge in [-0.15, -0.1) is 0 Å². The maximum absolute atomic E-state index is 14.3. The highest BCUT2D eigenvalue weighted by Crippen LogP contribution is 2.30. The maximum Gasteiger partial charge on any atom is 0.252 e. The number of hydrogen-bond donors (Lipinski definition) is 4. The van der Waals surface area contributed by atoms with Crippen LogP contribution in [0.5, 0.6) is 0 Å². The summed E-state index contributed by atoms with van der Waals surface area (Å²) in [5, 5.41) is 10.3. The first-order chi connectivity index (χ1) is 26.1. The molecule has 3 aromatic carbocycles. The minimum atomic E-state index is -1.28. The molecule has 1 aliphatic rings. The van der Waals surface area contributed by atoms with Crippen molar-refractivity contribution in [1.29, 1.82) is 0 Å². The predicted octanol–water partition coefficient (Wildman–Crippen LogP) is 5.41. The van der Waals surface area contributed by atoms with Crippen LogP contribution < -0.4 is 21.7 Å². The molecule has 10 nitrogen and oxygen atoms in total. The Balaban J connectivity index is 1.31. The standard InChI is InChI=1S/C40H41Cl2F2N7O3/c41-31-4-3-5-32(42)30(31)24-51-23-28(22-50-16-1-2-17-50)29-8-7-27(21-37(29)51)38(52)48-36(20-26-6-9-33(43)34(44)18-26)40(54)49-35(39(53)47-15-12-45)19-25-10-13-46-14-11-25/h3-11,13-14,18,21,23,35-36H,1-2,12,15-17,19-20,22,24,45H2,(H,47,53)(H,48,52)(H,49,54). The minimum Gasteiger partial charge on any atom is -0.353 e. The van der Waals surface area contributed by atoms with Crippen molar-refractivity contribution in [3.63, 3.8) is 0 Å². The van der Waals surface area contributed by atoms with E-state index in [9.17, 15) is 23.2 Å². The summed E-state index contributed by atoms with van der Waals surface area (Å²) < 4.78 is 30.2. The lowest BCUT2D eigenvalue weighted by Crippen LogP contribution is -2.55. The molecule has 5 aromatic rings. The average molecular weight is 777 g/mol. The maximum atomic E-state index is 14.3. The molecule has 6 rings (SSSR count). The van der Waals surface area contributed by atoms with E-state index in [-0.39, 0.29) is 37.1 Å². The van der Waals surface area contributed by atoms with Gasteiger partial charge in [-0.2, -0.15) is 0 Å². The van der Waals surface area contributed by atoms with Crippen molar-refractivity contribution in [2.45, 2.75) is 50.9 Å². The summed E-state index contributed by atoms with van der Waals surface area (Å²) in [6, 6.07) is 15.1. The number of amides is 3. The highest BCUT2D eigenvalue weighted by molar-refractivity contribution is 6.36. The lowest BCUT2D eigenvalue weighted by molar-refractivity contribution is -0.129. The molecule has 2 aromatic heterocycles. The SMILES string of the molecule is NCCNC(=O)C(Cc1ccncc1)NC(=O)C(Cc1ccc(F)c(F)c1)NC(=O)c1ccc2c(CN3CCCC3)cn(Cc3c(Cl)cccc3Cl)c2c1. The van der Waals surface area contributed by atoms with Gasteiger partial charge in [0.05, 0.1) is 6.54 Å². The molecule has 282 valence electrons. The van der Waals surface area contributed by atoms with E-state index in [4.69, 9.17) is 28.9 Å². The first-order valence-electron chi connectivity index (χ1n) is 17.8. The second kappa shape index (κ2) is 18.0. The number of likely N-dealkylation sites (tertiary alicyclic amines) is 1. The zero-order valence-corrected chi connectivity index (χ0v) is 31.0. The third kappa shape index (κ3) is 9.61. The lowest BCUT2D eigenvalue weighted by atomic mass is 10.0. The van der Waals surface area contributed by atoms with Crippen LogP contribution in [0.4, 0.5) is 8.78 Å². The normalized spacial score (nSPS) is 14.2. The van der Waals surface area contributed by atoms with Crippen molar-refractivity contribution in [3.8, 4) is 0 Å². The molecule has 3 heterocycles. The number of pyridine rings is 1. The number of carbonyl (C=O) groups is 3. The molecule has 0 bridgehead atoms. The highest BCUT2D eigenvalue weighted by atomic mass is 35.5. The first kappa shape index (κ1) is 38.8. The molecule has 1 fully saturated rings. The average Bonchev–Trinajstić information content (AvgIpc) is 3.81. The largest absolute Gasteiger partial charge is 0.353 e. The number of rotatable bonds is 15. The van der Waals surface area contributed by atoms with Gasteiger partial charge in [0.15, 0.2) is 11.6 Å². The molecule has 1 aliphatic heterocycles. The Morgan fingerprint density at radius 3 is 2.22 bits per heavy atom. The summed E-state index contributed by atoms with van der Waals surface area (Å²) in [5.41, 5.74) is 9.45. The second-order valence-corrected chi connectivity index (χ2v) is 14.2. The summed E-state index contributed by atoms with van der Waals surface area (Å²) in [7, 11) is 0. The van der Waals surface area contributed by atoms with Crippen LogP contribution in [0.15, 0.2) is 85.3 Å². The van der Waals surface area contributed by atoms with Gasteiger partial charge in [-0.1, -0.05) is 41.4 Å². The number of nitrogens with one attached hydrogen (secondary N) is 3. The van der Waals surface area contributed by atoms with Crippen LogP contribution >= 0.6 is 23.2 Å². The molecular formula is C40H41Cl2F2N7O3. The molecule has 2 atom stereocenters. The summed E-state index contributed by atoms with van der Waals surface area (Å²) in [5.74, 6) is -3.89. The fraction of sp³-hybridized carbons (Fsp3) is 0.300. The number of nitrogens with two attached hydrogens (primary N) is 1. The molecule has 0 saturated carbocycles. The molecule has 1 saturated heterocycles. The Bertz CT molecular complexity index is 2110. The van der Waals surface area contributed by atoms with Gasteiger partial charge in [0.25, 0.3) is 5.91 Å². The highest BCUT2D eigenvalue weighted by Gasteiger charge is 2.28. The van der Waals surface area contributed by atoms with Crippen LogP contribution in [0.25, 0.3) is 10.9 Å². The van der Waals surface area contributed by atoms with Crippen LogP contribution in [0.1, 0.15) is 45.5 Å². The Morgan fingerprint density at radius 2 is 1.52 bits per heavy atom. The zero-order valence-electron chi connectivity index (χ0n) is 29.5. The number of halogens is 4. The second-order valence-electron chi connectivity index (χ2n) is 13.4. The monoisotopic (exact) mass is 775 g/mol. The van der Waals surface area contributed by atoms with E-state index < -0.39 is 41.4 Å². The number of benzene rings is 3. The van der Waals surface area contributed by atoms with Gasteiger partial charge in [-0.25, -0.2) is 8.78 Å². The Labute approximate surface area is 322 Å². The van der Waals surface area contributed by atoms with Gasteiger partial charge in [0, 0.05) is 83.1 Å². The Hall–Kier alpha value is -4.88. The Kier molecular flexibility index (Phi) is 12.9. The van der Waals surface area contributed by atoms with Gasteiger partial charge >= 0.3 is 0 Å². The zero-order chi connectivity index (χ0) is 38.2. The number of carbonyl (C=O) groups excluding carboxylic acids is 3. The van der Waals surface area contributed by atoms with E-state index in [1.807, 2.05) is 10.6 Å². The first-order valence-corrected chi connectivity index (χ1v) is 18.5. The van der Waals surface area contributed by atoms with E-state index in [0.29, 0.717) is 16.6 Å². The van der Waals surface area contributed by atoms with Crippen molar-refractivity contribution in [3.05, 3.63) is 135 Å². The van der Waals surface area contributed by atoms with E-state index in [2.05, 4.69) is 32.0 Å². The predicted molar refractivity (Wildman–Crippen MR) is 205 cm³/mol. The van der Waals surface area contributed by atoms with Crippen LogP contribution in [0, 0.1) is 11.6 Å². The lowest BCUT2D eigenvalue weighted by Gasteiger charge is -2.23. The van der Waals surface area contributed by atoms with Crippen molar-refractivity contribution in [2.75, 3.05) is 26.2 Å². The fourth-order valence-electron chi connectivity index (χ4n) is 6.71. The topological polar surface area (TPSA) is 134 Å². The molecule has 14 heteroatoms. The quantitative estimate of drug-likeness (QED) is 0.113. The molecule has 3 amide bonds. The minimum absolute atomic E-state index is 0.124. The van der Waals surface area contributed by atoms with Crippen molar-refractivity contribution < 1.29 is 23.2 Å². The summed E-state index contributed by atoms with van der Waals surface area (Å²) in [6.07, 6.45) is 7.42. The van der Waals surface area contributed by atoms with E-state index in [1.165, 1.54) is 6.07 Å². The fourth-order valence-corrected chi connectivity index (χ4v) is 7.23. The molecule has 2 unspecified atom stereocenters. The van der Waals surface area contributed by atoms with Gasteiger partial charge in [0.1, 0.15) is 12.1 Å². The molecule has 0 radical (unpaired) electrons. The van der Waals surface area contributed by atoms with Crippen LogP contribution in [0.3, 0.4) is 0 Å². The summed E-state index contributed by atoms with van der Waals surface area (Å²) >= 11 is 13.1. The third-order valence-corrected chi connectivity index (χ3v) is 10.2. The van der Waals surface area contributed by atoms with Crippen LogP contribution in [0.2, 0.25) is 10.0 Å². The molecular weight excluding hydrogens is 735 g/mol. The summed E-state index contributed by atoms with van der Waals surface area (Å²) in [4.78, 5) is 47.6. The number of nitrogens with zero attached hydrogens (tertiary/aromatic N) is 3. The molecule has 5 N–H and O–H groups in total. The van der Waals surface area contributed by atoms with Crippen LogP contribution in [-0.2, 0) is 35.5 Å².